The first-order valence-electron chi connectivity index (χ1n) is 6.39. The minimum atomic E-state index is -0.463. The van der Waals surface area contributed by atoms with E-state index in [0.717, 1.165) is 23.4 Å². The molecule has 4 nitrogen and oxygen atoms in total. The van der Waals surface area contributed by atoms with Crippen LogP contribution in [0.25, 0.3) is 11.0 Å². The van der Waals surface area contributed by atoms with E-state index < -0.39 is 5.54 Å². The molecule has 0 aliphatic rings. The van der Waals surface area contributed by atoms with Gasteiger partial charge in [0.05, 0.1) is 17.1 Å². The van der Waals surface area contributed by atoms with Gasteiger partial charge in [0.15, 0.2) is 0 Å². The van der Waals surface area contributed by atoms with Crippen LogP contribution in [0.15, 0.2) is 18.2 Å². The maximum absolute atomic E-state index is 9.15. The maximum Gasteiger partial charge on any atom is 0.106 e. The summed E-state index contributed by atoms with van der Waals surface area (Å²) in [5, 5.41) is 9.15. The molecular weight excluding hydrogens is 236 g/mol. The molecule has 100 valence electrons. The topological polar surface area (TPSA) is 44.9 Å². The van der Waals surface area contributed by atoms with E-state index in [0.29, 0.717) is 0 Å². The Morgan fingerprint density at radius 1 is 1.42 bits per heavy atom. The zero-order valence-electron chi connectivity index (χ0n) is 12.2. The molecule has 2 aromatic rings. The van der Waals surface area contributed by atoms with Crippen molar-refractivity contribution < 1.29 is 0 Å². The Labute approximate surface area is 114 Å². The fourth-order valence-corrected chi connectivity index (χ4v) is 2.02. The van der Waals surface area contributed by atoms with Crippen molar-refractivity contribution in [3.05, 3.63) is 29.6 Å². The second-order valence-corrected chi connectivity index (χ2v) is 5.57. The highest BCUT2D eigenvalue weighted by atomic mass is 15.2. The van der Waals surface area contributed by atoms with Gasteiger partial charge in [-0.05, 0) is 45.5 Å². The molecule has 0 saturated carbocycles. The maximum atomic E-state index is 9.15. The molecule has 2 rings (SSSR count). The van der Waals surface area contributed by atoms with Gasteiger partial charge in [0.25, 0.3) is 0 Å². The summed E-state index contributed by atoms with van der Waals surface area (Å²) in [6, 6.07) is 8.62. The molecule has 0 aliphatic heterocycles. The van der Waals surface area contributed by atoms with Gasteiger partial charge in [0, 0.05) is 13.6 Å². The van der Waals surface area contributed by atoms with Crippen LogP contribution in [0, 0.1) is 18.3 Å². The lowest BCUT2D eigenvalue weighted by Crippen LogP contribution is -2.38. The summed E-state index contributed by atoms with van der Waals surface area (Å²) in [4.78, 5) is 6.59. The number of fused-ring (bicyclic) bond motifs is 1. The number of rotatable bonds is 3. The molecule has 19 heavy (non-hydrogen) atoms. The average molecular weight is 256 g/mol. The highest BCUT2D eigenvalue weighted by Gasteiger charge is 2.22. The average Bonchev–Trinajstić information content (AvgIpc) is 2.64. The Morgan fingerprint density at radius 2 is 2.11 bits per heavy atom. The van der Waals surface area contributed by atoms with E-state index in [9.17, 15) is 0 Å². The first-order chi connectivity index (χ1) is 8.85. The van der Waals surface area contributed by atoms with Crippen LogP contribution in [0.4, 0.5) is 0 Å². The highest BCUT2D eigenvalue weighted by molar-refractivity contribution is 5.76. The molecule has 0 bridgehead atoms. The van der Waals surface area contributed by atoms with Crippen molar-refractivity contribution in [2.75, 3.05) is 7.05 Å². The number of imidazole rings is 1. The van der Waals surface area contributed by atoms with E-state index in [4.69, 9.17) is 5.26 Å². The van der Waals surface area contributed by atoms with Gasteiger partial charge in [-0.2, -0.15) is 5.26 Å². The van der Waals surface area contributed by atoms with Crippen molar-refractivity contribution in [1.29, 1.82) is 5.26 Å². The van der Waals surface area contributed by atoms with Crippen molar-refractivity contribution in [2.24, 2.45) is 7.05 Å². The first-order valence-corrected chi connectivity index (χ1v) is 6.39. The second-order valence-electron chi connectivity index (χ2n) is 5.57. The Kier molecular flexibility index (Phi) is 3.34. The molecule has 0 N–H and O–H groups in total. The van der Waals surface area contributed by atoms with E-state index in [2.05, 4.69) is 33.8 Å². The Bertz CT molecular complexity index is 646. The van der Waals surface area contributed by atoms with E-state index in [-0.39, 0.29) is 0 Å². The van der Waals surface area contributed by atoms with Gasteiger partial charge in [-0.25, -0.2) is 4.98 Å². The van der Waals surface area contributed by atoms with Gasteiger partial charge in [-0.1, -0.05) is 6.07 Å². The van der Waals surface area contributed by atoms with E-state index >= 15 is 0 Å². The van der Waals surface area contributed by atoms with Crippen LogP contribution < -0.4 is 0 Å². The summed E-state index contributed by atoms with van der Waals surface area (Å²) in [5.41, 5.74) is 2.87. The lowest BCUT2D eigenvalue weighted by molar-refractivity contribution is 0.203. The third kappa shape index (κ3) is 2.47. The summed E-state index contributed by atoms with van der Waals surface area (Å²) in [6.07, 6.45) is 0. The van der Waals surface area contributed by atoms with Crippen LogP contribution in [0.1, 0.15) is 25.2 Å². The number of hydrogen-bond donors (Lipinski definition) is 0. The van der Waals surface area contributed by atoms with Crippen molar-refractivity contribution >= 4 is 11.0 Å². The minimum Gasteiger partial charge on any atom is -0.331 e. The van der Waals surface area contributed by atoms with Crippen LogP contribution in [0.3, 0.4) is 0 Å². The molecule has 0 radical (unpaired) electrons. The Balaban J connectivity index is 2.30. The molecule has 1 aromatic carbocycles. The molecule has 0 spiro atoms. The lowest BCUT2D eigenvalue weighted by atomic mass is 10.0. The van der Waals surface area contributed by atoms with Gasteiger partial charge in [-0.3, -0.25) is 4.90 Å². The van der Waals surface area contributed by atoms with E-state index in [1.54, 1.807) is 0 Å². The molecule has 0 atom stereocenters. The van der Waals surface area contributed by atoms with Gasteiger partial charge in [0.2, 0.25) is 0 Å². The molecule has 0 unspecified atom stereocenters. The predicted molar refractivity (Wildman–Crippen MR) is 76.6 cm³/mol. The summed E-state index contributed by atoms with van der Waals surface area (Å²) in [7, 11) is 3.99. The summed E-state index contributed by atoms with van der Waals surface area (Å²) in [5.74, 6) is 1.01. The summed E-state index contributed by atoms with van der Waals surface area (Å²) < 4.78 is 2.09. The fourth-order valence-electron chi connectivity index (χ4n) is 2.02. The zero-order chi connectivity index (χ0) is 14.2. The van der Waals surface area contributed by atoms with E-state index in [1.807, 2.05) is 39.8 Å². The standard InChI is InChI=1S/C15H20N4/c1-11-17-13-8-12(6-7-14(13)19(11)5)9-18(4)15(2,3)10-16/h6-8H,9H2,1-5H3. The van der Waals surface area contributed by atoms with Gasteiger partial charge < -0.3 is 4.57 Å². The van der Waals surface area contributed by atoms with E-state index in [1.165, 1.54) is 5.56 Å². The quantitative estimate of drug-likeness (QED) is 0.848. The Hall–Kier alpha value is -1.86. The summed E-state index contributed by atoms with van der Waals surface area (Å²) in [6.45, 7) is 6.60. The number of hydrogen-bond acceptors (Lipinski definition) is 3. The Morgan fingerprint density at radius 3 is 2.74 bits per heavy atom. The molecule has 0 saturated heterocycles. The molecule has 1 aromatic heterocycles. The molecule has 0 fully saturated rings. The molecule has 1 heterocycles. The third-order valence-corrected chi connectivity index (χ3v) is 3.82. The number of aromatic nitrogens is 2. The van der Waals surface area contributed by atoms with Gasteiger partial charge in [-0.15, -0.1) is 0 Å². The van der Waals surface area contributed by atoms with Crippen LogP contribution in [-0.4, -0.2) is 27.0 Å². The van der Waals surface area contributed by atoms with Crippen molar-refractivity contribution in [3.63, 3.8) is 0 Å². The second kappa shape index (κ2) is 4.67. The normalized spacial score (nSPS) is 12.1. The lowest BCUT2D eigenvalue weighted by Gasteiger charge is -2.28. The summed E-state index contributed by atoms with van der Waals surface area (Å²) >= 11 is 0. The number of nitriles is 1. The molecule has 4 heteroatoms. The predicted octanol–water partition coefficient (Wildman–Crippen LogP) is 2.62. The van der Waals surface area contributed by atoms with Crippen LogP contribution in [-0.2, 0) is 13.6 Å². The smallest absolute Gasteiger partial charge is 0.106 e. The van der Waals surface area contributed by atoms with Crippen LogP contribution in [0.2, 0.25) is 0 Å². The number of aryl methyl sites for hydroxylation is 2. The fraction of sp³-hybridized carbons (Fsp3) is 0.467. The molecule has 0 aliphatic carbocycles. The van der Waals surface area contributed by atoms with Crippen molar-refractivity contribution in [1.82, 2.24) is 14.5 Å². The number of nitrogens with zero attached hydrogens (tertiary/aromatic N) is 4. The molecule has 0 amide bonds. The van der Waals surface area contributed by atoms with Crippen LogP contribution in [0.5, 0.6) is 0 Å². The van der Waals surface area contributed by atoms with Crippen molar-refractivity contribution in [2.45, 2.75) is 32.9 Å². The van der Waals surface area contributed by atoms with Gasteiger partial charge in [0.1, 0.15) is 11.4 Å². The monoisotopic (exact) mass is 256 g/mol. The third-order valence-electron chi connectivity index (χ3n) is 3.82. The van der Waals surface area contributed by atoms with Gasteiger partial charge >= 0.3 is 0 Å². The van der Waals surface area contributed by atoms with Crippen molar-refractivity contribution in [3.8, 4) is 6.07 Å². The highest BCUT2D eigenvalue weighted by Crippen LogP contribution is 2.19. The minimum absolute atomic E-state index is 0.463. The molecular formula is C15H20N4. The first kappa shape index (κ1) is 13.6. The number of benzene rings is 1. The van der Waals surface area contributed by atoms with Crippen LogP contribution >= 0.6 is 0 Å². The SMILES string of the molecule is Cc1nc2cc(CN(C)C(C)(C)C#N)ccc2n1C. The zero-order valence-corrected chi connectivity index (χ0v) is 12.2. The largest absolute Gasteiger partial charge is 0.331 e.